The molecule has 2 saturated carbocycles. The predicted octanol–water partition coefficient (Wildman–Crippen LogP) is 0.976. The second-order valence-corrected chi connectivity index (χ2v) is 10.4. The molecule has 8 nitrogen and oxygen atoms in total. The molecule has 2 aliphatic carbocycles. The van der Waals surface area contributed by atoms with Crippen LogP contribution in [-0.2, 0) is 20.2 Å². The Labute approximate surface area is 153 Å². The van der Waals surface area contributed by atoms with E-state index >= 15 is 0 Å². The first-order valence-electron chi connectivity index (χ1n) is 9.28. The lowest BCUT2D eigenvalue weighted by Crippen LogP contribution is -2.41. The van der Waals surface area contributed by atoms with E-state index in [-0.39, 0.29) is 29.0 Å². The highest BCUT2D eigenvalue weighted by Gasteiger charge is 2.60. The molecule has 2 heterocycles. The first-order valence-corrected chi connectivity index (χ1v) is 10.9. The van der Waals surface area contributed by atoms with Gasteiger partial charge in [0.2, 0.25) is 21.8 Å². The van der Waals surface area contributed by atoms with E-state index < -0.39 is 15.4 Å². The molecule has 1 saturated heterocycles. The molecule has 144 valence electrons. The van der Waals surface area contributed by atoms with E-state index in [0.29, 0.717) is 37.6 Å². The van der Waals surface area contributed by atoms with Crippen LogP contribution in [0.2, 0.25) is 0 Å². The fourth-order valence-electron chi connectivity index (χ4n) is 4.57. The smallest absolute Gasteiger partial charge is 0.235 e. The first kappa shape index (κ1) is 17.9. The fourth-order valence-corrected chi connectivity index (χ4v) is 5.42. The quantitative estimate of drug-likeness (QED) is 0.814. The number of carbonyl (C=O) groups excluding carboxylic acids is 1. The summed E-state index contributed by atoms with van der Waals surface area (Å²) in [6.45, 7) is 6.57. The van der Waals surface area contributed by atoms with Crippen molar-refractivity contribution in [3.63, 3.8) is 0 Å². The molecule has 1 amide bonds. The summed E-state index contributed by atoms with van der Waals surface area (Å²) in [5, 5.41) is 3.93. The molecular weight excluding hydrogens is 356 g/mol. The van der Waals surface area contributed by atoms with Crippen molar-refractivity contribution in [2.24, 2.45) is 11.3 Å². The Kier molecular flexibility index (Phi) is 3.97. The van der Waals surface area contributed by atoms with E-state index in [0.717, 1.165) is 12.8 Å². The van der Waals surface area contributed by atoms with Crippen LogP contribution in [0.5, 0.6) is 0 Å². The van der Waals surface area contributed by atoms with Crippen molar-refractivity contribution >= 4 is 15.9 Å². The number of sulfonamides is 1. The molecule has 1 unspecified atom stereocenters. The molecule has 4 rings (SSSR count). The number of likely N-dealkylation sites (tertiary alicyclic amines) is 1. The maximum atomic E-state index is 12.8. The largest absolute Gasteiger partial charge is 0.341 e. The molecule has 0 spiro atoms. The molecule has 26 heavy (non-hydrogen) atoms. The predicted molar refractivity (Wildman–Crippen MR) is 93.7 cm³/mol. The zero-order chi connectivity index (χ0) is 18.7. The van der Waals surface area contributed by atoms with Crippen molar-refractivity contribution in [2.75, 3.05) is 18.8 Å². The number of aryl methyl sites for hydroxylation is 1. The lowest BCUT2D eigenvalue weighted by atomic mass is 9.80. The maximum Gasteiger partial charge on any atom is 0.235 e. The lowest BCUT2D eigenvalue weighted by Gasteiger charge is -2.26. The van der Waals surface area contributed by atoms with E-state index in [4.69, 9.17) is 4.52 Å². The fraction of sp³-hybridized carbons (Fsp3) is 0.824. The minimum Gasteiger partial charge on any atom is -0.341 e. The van der Waals surface area contributed by atoms with Crippen LogP contribution in [-0.4, -0.2) is 54.2 Å². The van der Waals surface area contributed by atoms with Gasteiger partial charge >= 0.3 is 0 Å². The third-order valence-corrected chi connectivity index (χ3v) is 7.81. The summed E-state index contributed by atoms with van der Waals surface area (Å²) in [7, 11) is -3.28. The molecule has 3 aliphatic rings. The average molecular weight is 382 g/mol. The van der Waals surface area contributed by atoms with Crippen molar-refractivity contribution in [3.8, 4) is 0 Å². The number of carbonyl (C=O) groups is 1. The number of nitrogens with one attached hydrogen (secondary N) is 1. The second kappa shape index (κ2) is 5.76. The number of amides is 1. The van der Waals surface area contributed by atoms with Gasteiger partial charge in [-0.2, -0.15) is 4.98 Å². The van der Waals surface area contributed by atoms with Gasteiger partial charge in [-0.15, -0.1) is 0 Å². The summed E-state index contributed by atoms with van der Waals surface area (Å²) in [4.78, 5) is 19.2. The monoisotopic (exact) mass is 382 g/mol. The van der Waals surface area contributed by atoms with Gasteiger partial charge in [0.15, 0.2) is 5.82 Å². The van der Waals surface area contributed by atoms with E-state index in [1.54, 1.807) is 13.8 Å². The minimum absolute atomic E-state index is 0.0593. The number of fused-ring (bicyclic) bond motifs is 1. The van der Waals surface area contributed by atoms with Gasteiger partial charge in [-0.25, -0.2) is 13.1 Å². The zero-order valence-corrected chi connectivity index (χ0v) is 16.3. The highest BCUT2D eigenvalue weighted by Crippen LogP contribution is 2.53. The van der Waals surface area contributed by atoms with Gasteiger partial charge < -0.3 is 9.42 Å². The van der Waals surface area contributed by atoms with E-state index in [1.165, 1.54) is 0 Å². The van der Waals surface area contributed by atoms with Crippen LogP contribution in [0.3, 0.4) is 0 Å². The topological polar surface area (TPSA) is 105 Å². The van der Waals surface area contributed by atoms with Gasteiger partial charge in [-0.05, 0) is 45.4 Å². The van der Waals surface area contributed by atoms with Crippen LogP contribution < -0.4 is 4.72 Å². The molecule has 9 heteroatoms. The highest BCUT2D eigenvalue weighted by molar-refractivity contribution is 7.89. The average Bonchev–Trinajstić information content (AvgIpc) is 2.91. The van der Waals surface area contributed by atoms with Crippen molar-refractivity contribution in [3.05, 3.63) is 11.7 Å². The molecule has 1 aromatic heterocycles. The normalized spacial score (nSPS) is 32.7. The Hall–Kier alpha value is -1.48. The third-order valence-electron chi connectivity index (χ3n) is 6.36. The summed E-state index contributed by atoms with van der Waals surface area (Å²) in [5.74, 6) is 1.48. The highest BCUT2D eigenvalue weighted by atomic mass is 32.2. The van der Waals surface area contributed by atoms with Gasteiger partial charge in [0.05, 0.1) is 11.2 Å². The van der Waals surface area contributed by atoms with Gasteiger partial charge in [-0.1, -0.05) is 12.1 Å². The molecule has 0 radical (unpaired) electrons. The molecule has 0 bridgehead atoms. The second-order valence-electron chi connectivity index (χ2n) is 8.40. The number of rotatable bonds is 5. The number of aromatic nitrogens is 2. The SMILES string of the molecule is CCS(=O)(=O)N[C@@H]1CC2CN(C(=O)C3(C)CC3)C[C@@]2(c2nc(C)no2)C1. The first-order chi connectivity index (χ1) is 12.2. The standard InChI is InChI=1S/C17H26N4O4S/c1-4-26(23,24)20-13-7-12-9-21(15(22)16(3)5-6-16)10-17(12,8-13)14-18-11(2)19-25-14/h12-13,20H,4-10H2,1-3H3/t12?,13-,17+/m1/s1. The van der Waals surface area contributed by atoms with Crippen molar-refractivity contribution in [2.45, 2.75) is 57.9 Å². The molecule has 0 aromatic carbocycles. The van der Waals surface area contributed by atoms with E-state index in [9.17, 15) is 13.2 Å². The molecule has 3 atom stereocenters. The van der Waals surface area contributed by atoms with Crippen molar-refractivity contribution in [1.29, 1.82) is 0 Å². The van der Waals surface area contributed by atoms with Crippen molar-refractivity contribution in [1.82, 2.24) is 19.8 Å². The maximum absolute atomic E-state index is 12.8. The van der Waals surface area contributed by atoms with Gasteiger partial charge in [-0.3, -0.25) is 4.79 Å². The number of hydrogen-bond acceptors (Lipinski definition) is 6. The van der Waals surface area contributed by atoms with Crippen LogP contribution in [0.15, 0.2) is 4.52 Å². The van der Waals surface area contributed by atoms with Gasteiger partial charge in [0.25, 0.3) is 0 Å². The molecule has 1 aliphatic heterocycles. The van der Waals surface area contributed by atoms with Crippen LogP contribution in [0.4, 0.5) is 0 Å². The van der Waals surface area contributed by atoms with Crippen LogP contribution in [0.25, 0.3) is 0 Å². The van der Waals surface area contributed by atoms with Crippen LogP contribution in [0, 0.1) is 18.3 Å². The van der Waals surface area contributed by atoms with Crippen LogP contribution >= 0.6 is 0 Å². The van der Waals surface area contributed by atoms with E-state index in [1.807, 2.05) is 11.8 Å². The number of hydrogen-bond donors (Lipinski definition) is 1. The van der Waals surface area contributed by atoms with Gasteiger partial charge in [0.1, 0.15) is 0 Å². The summed E-state index contributed by atoms with van der Waals surface area (Å²) < 4.78 is 32.3. The van der Waals surface area contributed by atoms with Crippen LogP contribution in [0.1, 0.15) is 51.2 Å². The Morgan fingerprint density at radius 3 is 2.73 bits per heavy atom. The summed E-state index contributed by atoms with van der Waals surface area (Å²) >= 11 is 0. The summed E-state index contributed by atoms with van der Waals surface area (Å²) in [6, 6.07) is -0.161. The lowest BCUT2D eigenvalue weighted by molar-refractivity contribution is -0.135. The third kappa shape index (κ3) is 2.85. The Morgan fingerprint density at radius 2 is 2.15 bits per heavy atom. The van der Waals surface area contributed by atoms with E-state index in [2.05, 4.69) is 14.9 Å². The Morgan fingerprint density at radius 1 is 1.42 bits per heavy atom. The molecule has 1 aromatic rings. The molecule has 1 N–H and O–H groups in total. The van der Waals surface area contributed by atoms with Gasteiger partial charge in [0, 0.05) is 24.5 Å². The minimum atomic E-state index is -3.28. The summed E-state index contributed by atoms with van der Waals surface area (Å²) in [6.07, 6.45) is 3.15. The number of nitrogens with zero attached hydrogens (tertiary/aromatic N) is 3. The Bertz CT molecular complexity index is 832. The Balaban J connectivity index is 1.61. The molecular formula is C17H26N4O4S. The zero-order valence-electron chi connectivity index (χ0n) is 15.5. The molecule has 3 fully saturated rings. The van der Waals surface area contributed by atoms with Crippen molar-refractivity contribution < 1.29 is 17.7 Å². The summed E-state index contributed by atoms with van der Waals surface area (Å²) in [5.41, 5.74) is -0.670.